The summed E-state index contributed by atoms with van der Waals surface area (Å²) in [5.41, 5.74) is 9.14. The van der Waals surface area contributed by atoms with E-state index in [9.17, 15) is 4.79 Å². The second-order valence-corrected chi connectivity index (χ2v) is 8.97. The third-order valence-electron chi connectivity index (χ3n) is 6.35. The fraction of sp³-hybridized carbons (Fsp3) is 0.269. The molecule has 0 unspecified atom stereocenters. The van der Waals surface area contributed by atoms with E-state index < -0.39 is 17.3 Å². The minimum absolute atomic E-state index is 0.103. The number of carbonyl (C=O) groups excluding carboxylic acids is 1. The molecule has 1 amide bonds. The van der Waals surface area contributed by atoms with Gasteiger partial charge < -0.3 is 19.8 Å². The highest BCUT2D eigenvalue weighted by Gasteiger charge is 2.39. The molecular formula is C26H25FN4O3. The molecule has 7 nitrogen and oxygen atoms in total. The molecule has 1 saturated heterocycles. The number of hydrogen-bond acceptors (Lipinski definition) is 5. The van der Waals surface area contributed by atoms with Crippen molar-refractivity contribution in [2.45, 2.75) is 32.9 Å². The molecule has 1 fully saturated rings. The maximum atomic E-state index is 16.0. The third-order valence-corrected chi connectivity index (χ3v) is 6.35. The van der Waals surface area contributed by atoms with E-state index in [1.165, 1.54) is 6.07 Å². The Morgan fingerprint density at radius 1 is 1.24 bits per heavy atom. The summed E-state index contributed by atoms with van der Waals surface area (Å²) in [5.74, 6) is -0.509. The number of fused-ring (bicyclic) bond motifs is 1. The number of pyridine rings is 1. The fourth-order valence-corrected chi connectivity index (χ4v) is 4.28. The average molecular weight is 461 g/mol. The van der Waals surface area contributed by atoms with Crippen LogP contribution in [0.1, 0.15) is 34.1 Å². The molecule has 2 aromatic carbocycles. The molecule has 0 aliphatic carbocycles. The van der Waals surface area contributed by atoms with Crippen molar-refractivity contribution in [2.24, 2.45) is 5.73 Å². The van der Waals surface area contributed by atoms with Crippen molar-refractivity contribution in [3.8, 4) is 17.1 Å². The first-order chi connectivity index (χ1) is 16.3. The summed E-state index contributed by atoms with van der Waals surface area (Å²) in [6.07, 6.45) is 1.56. The number of aryl methyl sites for hydroxylation is 1. The highest BCUT2D eigenvalue weighted by Crippen LogP contribution is 2.40. The molecule has 4 aromatic rings. The minimum Gasteiger partial charge on any atom is -0.486 e. The van der Waals surface area contributed by atoms with Crippen LogP contribution in [0.25, 0.3) is 22.4 Å². The number of amides is 1. The standard InChI is InChI=1S/C26H25FN4O3/c1-15-9-18(22(27)23(16(15)2)34-12-17-7-5-4-6-8-17)25-30-19-10-20(24(28)32)29-11-21(19)31(25)26(3)13-33-14-26/h4-11H,12-14H2,1-3H3,(H2,28,32). The van der Waals surface area contributed by atoms with Gasteiger partial charge in [-0.15, -0.1) is 0 Å². The fourth-order valence-electron chi connectivity index (χ4n) is 4.28. The van der Waals surface area contributed by atoms with Crippen LogP contribution >= 0.6 is 0 Å². The first-order valence-corrected chi connectivity index (χ1v) is 11.0. The lowest BCUT2D eigenvalue weighted by Gasteiger charge is -2.40. The van der Waals surface area contributed by atoms with Crippen molar-refractivity contribution in [1.82, 2.24) is 14.5 Å². The predicted octanol–water partition coefficient (Wildman–Crippen LogP) is 4.28. The van der Waals surface area contributed by atoms with Gasteiger partial charge in [-0.3, -0.25) is 4.79 Å². The van der Waals surface area contributed by atoms with E-state index in [0.29, 0.717) is 35.6 Å². The number of hydrogen-bond donors (Lipinski definition) is 1. The summed E-state index contributed by atoms with van der Waals surface area (Å²) in [6.45, 7) is 6.93. The second kappa shape index (κ2) is 8.22. The second-order valence-electron chi connectivity index (χ2n) is 8.97. The molecule has 2 N–H and O–H groups in total. The number of nitrogens with zero attached hydrogens (tertiary/aromatic N) is 3. The monoisotopic (exact) mass is 460 g/mol. The predicted molar refractivity (Wildman–Crippen MR) is 126 cm³/mol. The van der Waals surface area contributed by atoms with Gasteiger partial charge in [-0.25, -0.2) is 14.4 Å². The lowest BCUT2D eigenvalue weighted by molar-refractivity contribution is -0.0868. The topological polar surface area (TPSA) is 92.3 Å². The van der Waals surface area contributed by atoms with Crippen LogP contribution in [0.4, 0.5) is 4.39 Å². The molecule has 0 radical (unpaired) electrons. The molecule has 5 rings (SSSR count). The third kappa shape index (κ3) is 3.60. The van der Waals surface area contributed by atoms with Crippen molar-refractivity contribution < 1.29 is 18.7 Å². The van der Waals surface area contributed by atoms with Crippen molar-refractivity contribution in [2.75, 3.05) is 13.2 Å². The van der Waals surface area contributed by atoms with Crippen LogP contribution in [0.3, 0.4) is 0 Å². The van der Waals surface area contributed by atoms with Gasteiger partial charge in [-0.05, 0) is 49.6 Å². The largest absolute Gasteiger partial charge is 0.486 e. The van der Waals surface area contributed by atoms with E-state index in [4.69, 9.17) is 20.2 Å². The van der Waals surface area contributed by atoms with Crippen LogP contribution in [0.2, 0.25) is 0 Å². The summed E-state index contributed by atoms with van der Waals surface area (Å²) in [6, 6.07) is 12.9. The minimum atomic E-state index is -0.648. The van der Waals surface area contributed by atoms with Crippen molar-refractivity contribution >= 4 is 16.9 Å². The first kappa shape index (κ1) is 22.0. The Kier molecular flexibility index (Phi) is 5.32. The summed E-state index contributed by atoms with van der Waals surface area (Å²) in [4.78, 5) is 20.6. The quantitative estimate of drug-likeness (QED) is 0.464. The number of halogens is 1. The Morgan fingerprint density at radius 2 is 1.97 bits per heavy atom. The number of primary amides is 1. The van der Waals surface area contributed by atoms with E-state index in [1.807, 2.05) is 55.7 Å². The maximum Gasteiger partial charge on any atom is 0.267 e. The molecule has 0 spiro atoms. The number of ether oxygens (including phenoxy) is 2. The van der Waals surface area contributed by atoms with Gasteiger partial charge in [0.1, 0.15) is 18.1 Å². The molecule has 8 heteroatoms. The van der Waals surface area contributed by atoms with Gasteiger partial charge in [-0.2, -0.15) is 0 Å². The molecule has 1 aliphatic heterocycles. The van der Waals surface area contributed by atoms with Gasteiger partial charge in [0.25, 0.3) is 5.91 Å². The van der Waals surface area contributed by atoms with Gasteiger partial charge >= 0.3 is 0 Å². The lowest BCUT2D eigenvalue weighted by atomic mass is 9.98. The maximum absolute atomic E-state index is 16.0. The first-order valence-electron chi connectivity index (χ1n) is 11.0. The summed E-state index contributed by atoms with van der Waals surface area (Å²) < 4.78 is 29.4. The molecule has 0 bridgehead atoms. The summed E-state index contributed by atoms with van der Waals surface area (Å²) >= 11 is 0. The van der Waals surface area contributed by atoms with Crippen LogP contribution in [0.5, 0.6) is 5.75 Å². The van der Waals surface area contributed by atoms with E-state index in [0.717, 1.165) is 16.7 Å². The van der Waals surface area contributed by atoms with Gasteiger partial charge in [-0.1, -0.05) is 30.3 Å². The van der Waals surface area contributed by atoms with E-state index in [-0.39, 0.29) is 18.1 Å². The molecule has 3 heterocycles. The zero-order valence-electron chi connectivity index (χ0n) is 19.3. The SMILES string of the molecule is Cc1cc(-c2nc3cc(C(N)=O)ncc3n2C2(C)COC2)c(F)c(OCc2ccccc2)c1C. The Hall–Kier alpha value is -3.78. The summed E-state index contributed by atoms with van der Waals surface area (Å²) in [7, 11) is 0. The van der Waals surface area contributed by atoms with Crippen molar-refractivity contribution in [1.29, 1.82) is 0 Å². The van der Waals surface area contributed by atoms with Gasteiger partial charge in [0, 0.05) is 0 Å². The Labute approximate surface area is 196 Å². The van der Waals surface area contributed by atoms with Gasteiger partial charge in [0.05, 0.1) is 41.5 Å². The van der Waals surface area contributed by atoms with Crippen LogP contribution in [-0.4, -0.2) is 33.7 Å². The molecule has 1 aliphatic rings. The van der Waals surface area contributed by atoms with Crippen LogP contribution in [-0.2, 0) is 16.9 Å². The molecule has 34 heavy (non-hydrogen) atoms. The number of nitrogens with two attached hydrogens (primary N) is 1. The molecular weight excluding hydrogens is 435 g/mol. The lowest BCUT2D eigenvalue weighted by Crippen LogP contribution is -2.49. The van der Waals surface area contributed by atoms with Crippen molar-refractivity contribution in [3.63, 3.8) is 0 Å². The van der Waals surface area contributed by atoms with Crippen molar-refractivity contribution in [3.05, 3.63) is 76.9 Å². The number of imidazole rings is 1. The van der Waals surface area contributed by atoms with Crippen LogP contribution < -0.4 is 10.5 Å². The number of carbonyl (C=O) groups is 1. The Balaban J connectivity index is 1.68. The number of rotatable bonds is 6. The molecule has 2 aromatic heterocycles. The molecule has 0 saturated carbocycles. The van der Waals surface area contributed by atoms with Gasteiger partial charge in [0.15, 0.2) is 11.6 Å². The molecule has 0 atom stereocenters. The van der Waals surface area contributed by atoms with E-state index in [1.54, 1.807) is 12.3 Å². The zero-order valence-corrected chi connectivity index (χ0v) is 19.3. The smallest absolute Gasteiger partial charge is 0.267 e. The highest BCUT2D eigenvalue weighted by molar-refractivity contribution is 5.94. The van der Waals surface area contributed by atoms with Gasteiger partial charge in [0.2, 0.25) is 0 Å². The number of aromatic nitrogens is 3. The average Bonchev–Trinajstić information content (AvgIpc) is 3.19. The number of benzene rings is 2. The Bertz CT molecular complexity index is 1410. The van der Waals surface area contributed by atoms with E-state index >= 15 is 4.39 Å². The van der Waals surface area contributed by atoms with Crippen LogP contribution in [0, 0.1) is 19.7 Å². The zero-order chi connectivity index (χ0) is 24.0. The normalized spacial score (nSPS) is 14.7. The Morgan fingerprint density at radius 3 is 2.62 bits per heavy atom. The van der Waals surface area contributed by atoms with Crippen LogP contribution in [0.15, 0.2) is 48.7 Å². The highest BCUT2D eigenvalue weighted by atomic mass is 19.1. The molecule has 174 valence electrons. The van der Waals surface area contributed by atoms with E-state index in [2.05, 4.69) is 4.98 Å². The summed E-state index contributed by atoms with van der Waals surface area (Å²) in [5, 5.41) is 0.